The molecule has 3 aromatic carbocycles. The first-order chi connectivity index (χ1) is 19.1. The molecule has 0 aliphatic heterocycles. The summed E-state index contributed by atoms with van der Waals surface area (Å²) in [6, 6.07) is 22.8. The van der Waals surface area contributed by atoms with Crippen molar-refractivity contribution in [3.8, 4) is 0 Å². The molecule has 0 fully saturated rings. The van der Waals surface area contributed by atoms with Gasteiger partial charge in [-0.1, -0.05) is 123 Å². The Labute approximate surface area is 304 Å². The Balaban J connectivity index is 0.00000462. The number of hydrogen-bond acceptors (Lipinski definition) is 0. The average molecular weight is 702 g/mol. The number of allylic oxidation sites excluding steroid dienone is 4. The van der Waals surface area contributed by atoms with E-state index in [4.69, 9.17) is 0 Å². The molecule has 0 unspecified atom stereocenters. The summed E-state index contributed by atoms with van der Waals surface area (Å²) in [7, 11) is -2.64. The molecular weight excluding hydrogens is 651 g/mol. The van der Waals surface area contributed by atoms with Crippen LogP contribution in [0.5, 0.6) is 0 Å². The van der Waals surface area contributed by atoms with Crippen molar-refractivity contribution in [1.82, 2.24) is 0 Å². The molecule has 0 radical (unpaired) electrons. The van der Waals surface area contributed by atoms with Crippen LogP contribution in [0.3, 0.4) is 0 Å². The molecule has 1 aliphatic carbocycles. The van der Waals surface area contributed by atoms with E-state index in [9.17, 15) is 0 Å². The van der Waals surface area contributed by atoms with Gasteiger partial charge in [-0.2, -0.15) is 5.20 Å². The Morgan fingerprint density at radius 2 is 0.795 bits per heavy atom. The van der Waals surface area contributed by atoms with Crippen molar-refractivity contribution in [2.45, 2.75) is 107 Å². The smallest absolute Gasteiger partial charge is 1.00 e. The van der Waals surface area contributed by atoms with Gasteiger partial charge in [0.2, 0.25) is 0 Å². The van der Waals surface area contributed by atoms with Crippen LogP contribution in [0.1, 0.15) is 102 Å². The van der Waals surface area contributed by atoms with Crippen molar-refractivity contribution in [2.75, 3.05) is 0 Å². The van der Waals surface area contributed by atoms with Crippen LogP contribution in [0.2, 0.25) is 0 Å². The van der Waals surface area contributed by atoms with Crippen LogP contribution in [-0.4, -0.2) is 8.07 Å². The third-order valence-corrected chi connectivity index (χ3v) is 13.7. The summed E-state index contributed by atoms with van der Waals surface area (Å²) < 4.78 is 0. The van der Waals surface area contributed by atoms with E-state index < -0.39 is 8.07 Å². The molecule has 1 aliphatic rings. The van der Waals surface area contributed by atoms with Crippen LogP contribution >= 0.6 is 0 Å². The zero-order valence-corrected chi connectivity index (χ0v) is 33.2. The van der Waals surface area contributed by atoms with Gasteiger partial charge in [-0.15, -0.1) is 0 Å². The maximum atomic E-state index is 4.13. The maximum absolute atomic E-state index is 4.13. The molecule has 5 heteroatoms. The molecule has 0 saturated carbocycles. The molecular formula is C39H51Cl3SiTi. The maximum Gasteiger partial charge on any atom is 4.00 e. The van der Waals surface area contributed by atoms with Crippen LogP contribution in [0.25, 0.3) is 0 Å². The number of hydrogen-bond donors (Lipinski definition) is 0. The average Bonchev–Trinajstić information content (AvgIpc) is 3.48. The predicted molar refractivity (Wildman–Crippen MR) is 179 cm³/mol. The van der Waals surface area contributed by atoms with Gasteiger partial charge >= 0.3 is 21.7 Å². The molecule has 0 atom stereocenters. The summed E-state index contributed by atoms with van der Waals surface area (Å²) in [5.41, 5.74) is 10.2. The topological polar surface area (TPSA) is 0 Å². The van der Waals surface area contributed by atoms with Gasteiger partial charge in [0, 0.05) is 0 Å². The van der Waals surface area contributed by atoms with E-state index >= 15 is 0 Å². The SMILES string of the molecule is CCc1cc(CC)cc([Si](C2=[C-]C(C(C)(C)C)=CC2)(c2cc(CC)cc(CC)c2)c2cc(CC)cc(CC)c2)c1.[Cl-].[Cl-].[Cl-].[Ti+4]. The standard InChI is InChI=1S/C39H51Si.3ClH.Ti/c1-10-28-18-29(11-2)22-36(21-28)40(35-17-16-34(27-35)39(7,8)9,37-23-30(12-3)19-31(13-4)24-37)38-25-32(14-5)20-33(15-6)26-38;;;;/h16,18-26H,10-15,17H2,1-9H3;3*1H;/q-1;;;;+4/p-3. The van der Waals surface area contributed by atoms with Gasteiger partial charge in [0.25, 0.3) is 0 Å². The molecule has 0 nitrogen and oxygen atoms in total. The third-order valence-electron chi connectivity index (χ3n) is 8.96. The molecule has 0 N–H and O–H groups in total. The Hall–Kier alpha value is -1.06. The fourth-order valence-electron chi connectivity index (χ4n) is 6.39. The fourth-order valence-corrected chi connectivity index (χ4v) is 11.6. The minimum absolute atomic E-state index is 0. The Kier molecular flexibility index (Phi) is 17.9. The van der Waals surface area contributed by atoms with E-state index in [0.29, 0.717) is 0 Å². The molecule has 4 rings (SSSR count). The zero-order valence-electron chi connectivity index (χ0n) is 28.4. The normalized spacial score (nSPS) is 12.7. The van der Waals surface area contributed by atoms with Crippen molar-refractivity contribution < 1.29 is 58.9 Å². The molecule has 0 saturated heterocycles. The Morgan fingerprint density at radius 3 is 1.00 bits per heavy atom. The minimum Gasteiger partial charge on any atom is -1.00 e. The Morgan fingerprint density at radius 1 is 0.523 bits per heavy atom. The van der Waals surface area contributed by atoms with Crippen LogP contribution in [0.4, 0.5) is 0 Å². The summed E-state index contributed by atoms with van der Waals surface area (Å²) in [5, 5.41) is 6.15. The molecule has 44 heavy (non-hydrogen) atoms. The number of benzene rings is 3. The number of halogens is 3. The van der Waals surface area contributed by atoms with Crippen molar-refractivity contribution in [3.63, 3.8) is 0 Å². The van der Waals surface area contributed by atoms with Crippen molar-refractivity contribution in [2.24, 2.45) is 5.41 Å². The molecule has 0 amide bonds. The minimum atomic E-state index is -2.64. The second-order valence-electron chi connectivity index (χ2n) is 12.7. The number of aryl methyl sites for hydroxylation is 6. The first kappa shape index (κ1) is 42.9. The summed E-state index contributed by atoms with van der Waals surface area (Å²) in [5.74, 6) is 0. The van der Waals surface area contributed by atoms with Crippen LogP contribution in [-0.2, 0) is 60.2 Å². The molecule has 0 bridgehead atoms. The van der Waals surface area contributed by atoms with Gasteiger partial charge in [-0.05, 0) is 92.9 Å². The van der Waals surface area contributed by atoms with E-state index in [-0.39, 0.29) is 64.4 Å². The van der Waals surface area contributed by atoms with Gasteiger partial charge in [-0.3, -0.25) is 6.08 Å². The first-order valence-electron chi connectivity index (χ1n) is 15.9. The van der Waals surface area contributed by atoms with E-state index in [0.717, 1.165) is 44.9 Å². The predicted octanol–water partition coefficient (Wildman–Crippen LogP) is -0.814. The van der Waals surface area contributed by atoms with Crippen LogP contribution < -0.4 is 52.8 Å². The van der Waals surface area contributed by atoms with Crippen molar-refractivity contribution in [3.05, 3.63) is 111 Å². The van der Waals surface area contributed by atoms with Gasteiger partial charge < -0.3 is 37.2 Å². The van der Waals surface area contributed by atoms with Gasteiger partial charge in [0.15, 0.2) is 8.07 Å². The van der Waals surface area contributed by atoms with Crippen LogP contribution in [0.15, 0.2) is 71.4 Å². The summed E-state index contributed by atoms with van der Waals surface area (Å²) in [6.45, 7) is 20.9. The largest absolute Gasteiger partial charge is 4.00 e. The summed E-state index contributed by atoms with van der Waals surface area (Å²) in [4.78, 5) is 0. The quantitative estimate of drug-likeness (QED) is 0.148. The van der Waals surface area contributed by atoms with Crippen molar-refractivity contribution >= 4 is 23.6 Å². The van der Waals surface area contributed by atoms with Crippen LogP contribution in [0, 0.1) is 11.5 Å². The molecule has 236 valence electrons. The van der Waals surface area contributed by atoms with E-state index in [1.807, 2.05) is 0 Å². The summed E-state index contributed by atoms with van der Waals surface area (Å²) in [6.07, 6.45) is 14.0. The van der Waals surface area contributed by atoms with E-state index in [1.165, 1.54) is 44.2 Å². The molecule has 0 heterocycles. The van der Waals surface area contributed by atoms with E-state index in [2.05, 4.69) is 129 Å². The second kappa shape index (κ2) is 18.3. The second-order valence-corrected chi connectivity index (χ2v) is 16.5. The van der Waals surface area contributed by atoms with Gasteiger partial charge in [0.1, 0.15) is 0 Å². The van der Waals surface area contributed by atoms with Gasteiger partial charge in [-0.25, -0.2) is 11.6 Å². The summed E-state index contributed by atoms with van der Waals surface area (Å²) >= 11 is 0. The molecule has 3 aromatic rings. The third kappa shape index (κ3) is 8.84. The number of rotatable bonds is 10. The zero-order chi connectivity index (χ0) is 29.1. The Bertz CT molecular complexity index is 1230. The van der Waals surface area contributed by atoms with Gasteiger partial charge in [0.05, 0.1) is 0 Å². The molecule has 0 aromatic heterocycles. The fraction of sp³-hybridized carbons (Fsp3) is 0.436. The molecule has 0 spiro atoms. The van der Waals surface area contributed by atoms with E-state index in [1.54, 1.807) is 15.6 Å². The van der Waals surface area contributed by atoms with Crippen molar-refractivity contribution in [1.29, 1.82) is 0 Å². The monoisotopic (exact) mass is 700 g/mol. The first-order valence-corrected chi connectivity index (χ1v) is 17.9.